The molecule has 2 aromatic carbocycles. The lowest BCUT2D eigenvalue weighted by molar-refractivity contribution is -0.143. The molecule has 7 nitrogen and oxygen atoms in total. The third-order valence-electron chi connectivity index (χ3n) is 9.13. The maximum atomic E-state index is 13.7. The number of anilines is 2. The second-order valence-corrected chi connectivity index (χ2v) is 12.3. The number of benzene rings is 2. The number of hydrogen-bond donors (Lipinski definition) is 1. The first kappa shape index (κ1) is 34.2. The van der Waals surface area contributed by atoms with Crippen molar-refractivity contribution in [3.63, 3.8) is 0 Å². The molecule has 0 atom stereocenters. The van der Waals surface area contributed by atoms with Crippen molar-refractivity contribution in [2.45, 2.75) is 77.6 Å². The molecule has 0 saturated heterocycles. The number of aryl methyl sites for hydroxylation is 3. The number of aliphatic carboxylic acids is 1. The zero-order chi connectivity index (χ0) is 31.4. The van der Waals surface area contributed by atoms with Crippen LogP contribution in [0.2, 0.25) is 0 Å². The summed E-state index contributed by atoms with van der Waals surface area (Å²) in [4.78, 5) is 19.2. The Hall–Kier alpha value is -3.71. The van der Waals surface area contributed by atoms with E-state index in [1.54, 1.807) is 4.68 Å². The summed E-state index contributed by atoms with van der Waals surface area (Å²) in [6, 6.07) is 10.0. The highest BCUT2D eigenvalue weighted by molar-refractivity contribution is 5.85. The smallest absolute Gasteiger partial charge is 0.415 e. The fraction of sp³-hybridized carbons (Fsp3) is 0.500. The van der Waals surface area contributed by atoms with Gasteiger partial charge in [-0.3, -0.25) is 9.48 Å². The van der Waals surface area contributed by atoms with Crippen LogP contribution >= 0.6 is 12.4 Å². The van der Waals surface area contributed by atoms with Gasteiger partial charge in [-0.2, -0.15) is 18.3 Å². The van der Waals surface area contributed by atoms with E-state index in [1.807, 2.05) is 24.2 Å². The van der Waals surface area contributed by atoms with Crippen molar-refractivity contribution in [3.05, 3.63) is 81.8 Å². The Kier molecular flexibility index (Phi) is 11.1. The SMILES string of the molecule is Cl.[C-]#[N+]c1cc(CN(Cc2cc3c(cc2N(CC)CC2CCC(C(=O)O)CC2)CCCC3)c2ccn(C)n2)cc(C(F)(F)F)c1. The van der Waals surface area contributed by atoms with Gasteiger partial charge in [0.05, 0.1) is 12.5 Å². The van der Waals surface area contributed by atoms with Crippen molar-refractivity contribution in [1.29, 1.82) is 0 Å². The van der Waals surface area contributed by atoms with Gasteiger partial charge in [-0.1, -0.05) is 12.1 Å². The minimum atomic E-state index is -4.55. The highest BCUT2D eigenvalue weighted by atomic mass is 35.5. The standard InChI is InChI=1S/C34H40F3N5O2.ClH/c1-4-41(20-23-9-11-25(12-10-23)33(43)44)31-18-27-8-6-5-7-26(27)17-28(31)22-42(32-13-14-40(3)39-32)21-24-15-29(34(35,36)37)19-30(16-24)38-2;/h13-19,23,25H,4-12,20-22H2,1,3H3,(H,43,44);1H. The van der Waals surface area contributed by atoms with E-state index >= 15 is 0 Å². The minimum Gasteiger partial charge on any atom is -0.481 e. The van der Waals surface area contributed by atoms with Gasteiger partial charge in [0.2, 0.25) is 0 Å². The van der Waals surface area contributed by atoms with Gasteiger partial charge in [0, 0.05) is 56.7 Å². The van der Waals surface area contributed by atoms with Crippen molar-refractivity contribution in [3.8, 4) is 0 Å². The summed E-state index contributed by atoms with van der Waals surface area (Å²) < 4.78 is 42.8. The number of alkyl halides is 3. The van der Waals surface area contributed by atoms with Gasteiger partial charge < -0.3 is 14.9 Å². The summed E-state index contributed by atoms with van der Waals surface area (Å²) in [5, 5.41) is 14.1. The highest BCUT2D eigenvalue weighted by Gasteiger charge is 2.32. The maximum absolute atomic E-state index is 13.7. The van der Waals surface area contributed by atoms with Gasteiger partial charge in [0.25, 0.3) is 0 Å². The average molecular weight is 644 g/mol. The fourth-order valence-corrected chi connectivity index (χ4v) is 6.76. The zero-order valence-corrected chi connectivity index (χ0v) is 26.6. The number of rotatable bonds is 10. The second-order valence-electron chi connectivity index (χ2n) is 12.3. The van der Waals surface area contributed by atoms with Crippen LogP contribution in [0.1, 0.15) is 73.3 Å². The summed E-state index contributed by atoms with van der Waals surface area (Å²) in [5.74, 6) is 0.0879. The molecule has 0 unspecified atom stereocenters. The topological polar surface area (TPSA) is 66.0 Å². The molecule has 0 bridgehead atoms. The molecule has 0 radical (unpaired) electrons. The molecule has 1 N–H and O–H groups in total. The number of carboxylic acids is 1. The summed E-state index contributed by atoms with van der Waals surface area (Å²) in [7, 11) is 1.81. The Labute approximate surface area is 269 Å². The van der Waals surface area contributed by atoms with Gasteiger partial charge in [0.15, 0.2) is 11.5 Å². The summed E-state index contributed by atoms with van der Waals surface area (Å²) in [6.45, 7) is 11.7. The van der Waals surface area contributed by atoms with Crippen molar-refractivity contribution in [2.24, 2.45) is 18.9 Å². The van der Waals surface area contributed by atoms with E-state index in [9.17, 15) is 23.1 Å². The number of aromatic nitrogens is 2. The molecule has 5 rings (SSSR count). The molecule has 11 heteroatoms. The Morgan fingerprint density at radius 2 is 1.73 bits per heavy atom. The zero-order valence-electron chi connectivity index (χ0n) is 25.8. The lowest BCUT2D eigenvalue weighted by Crippen LogP contribution is -2.34. The third kappa shape index (κ3) is 8.31. The van der Waals surface area contributed by atoms with Gasteiger partial charge >= 0.3 is 12.1 Å². The fourth-order valence-electron chi connectivity index (χ4n) is 6.76. The Bertz CT molecular complexity index is 1520. The highest BCUT2D eigenvalue weighted by Crippen LogP contribution is 2.37. The van der Waals surface area contributed by atoms with Crippen LogP contribution in [0, 0.1) is 18.4 Å². The van der Waals surface area contributed by atoms with Crippen LogP contribution in [0.5, 0.6) is 0 Å². The van der Waals surface area contributed by atoms with Crippen molar-refractivity contribution in [2.75, 3.05) is 22.9 Å². The summed E-state index contributed by atoms with van der Waals surface area (Å²) in [6.07, 6.45) is 4.73. The van der Waals surface area contributed by atoms with E-state index in [0.29, 0.717) is 36.7 Å². The van der Waals surface area contributed by atoms with E-state index in [4.69, 9.17) is 6.57 Å². The molecule has 242 valence electrons. The molecule has 0 aliphatic heterocycles. The number of hydrogen-bond acceptors (Lipinski definition) is 4. The van der Waals surface area contributed by atoms with Crippen LogP contribution < -0.4 is 9.80 Å². The molecule has 1 aromatic heterocycles. The number of halogens is 4. The quantitative estimate of drug-likeness (QED) is 0.226. The average Bonchev–Trinajstić information content (AvgIpc) is 3.45. The van der Waals surface area contributed by atoms with Crippen LogP contribution in [0.25, 0.3) is 4.85 Å². The maximum Gasteiger partial charge on any atom is 0.415 e. The number of carboxylic acid groups (broad SMARTS) is 1. The normalized spacial score (nSPS) is 18.0. The first-order valence-corrected chi connectivity index (χ1v) is 15.5. The second kappa shape index (κ2) is 14.6. The molecule has 1 heterocycles. The van der Waals surface area contributed by atoms with E-state index < -0.39 is 17.7 Å². The largest absolute Gasteiger partial charge is 0.481 e. The first-order chi connectivity index (χ1) is 21.0. The van der Waals surface area contributed by atoms with Crippen molar-refractivity contribution < 1.29 is 23.1 Å². The van der Waals surface area contributed by atoms with Crippen LogP contribution in [0.3, 0.4) is 0 Å². The number of nitrogens with zero attached hydrogens (tertiary/aromatic N) is 5. The summed E-state index contributed by atoms with van der Waals surface area (Å²) in [5.41, 5.74) is 4.43. The van der Waals surface area contributed by atoms with Crippen molar-refractivity contribution >= 4 is 35.6 Å². The lowest BCUT2D eigenvalue weighted by atomic mass is 9.81. The van der Waals surface area contributed by atoms with Crippen LogP contribution in [0.15, 0.2) is 42.6 Å². The summed E-state index contributed by atoms with van der Waals surface area (Å²) >= 11 is 0. The van der Waals surface area contributed by atoms with Crippen LogP contribution in [-0.2, 0) is 43.9 Å². The Balaban J connectivity index is 0.00000461. The molecular weight excluding hydrogens is 603 g/mol. The van der Waals surface area contributed by atoms with E-state index in [2.05, 4.69) is 33.9 Å². The van der Waals surface area contributed by atoms with Gasteiger partial charge in [-0.15, -0.1) is 12.4 Å². The predicted octanol–water partition coefficient (Wildman–Crippen LogP) is 8.21. The van der Waals surface area contributed by atoms with Crippen LogP contribution in [-0.4, -0.2) is 33.9 Å². The van der Waals surface area contributed by atoms with Crippen LogP contribution in [0.4, 0.5) is 30.4 Å². The molecule has 0 spiro atoms. The number of fused-ring (bicyclic) bond motifs is 1. The molecule has 1 saturated carbocycles. The Morgan fingerprint density at radius 1 is 1.04 bits per heavy atom. The van der Waals surface area contributed by atoms with Gasteiger partial charge in [0.1, 0.15) is 0 Å². The van der Waals surface area contributed by atoms with E-state index in [-0.39, 0.29) is 30.6 Å². The molecule has 0 amide bonds. The Morgan fingerprint density at radius 3 is 2.31 bits per heavy atom. The van der Waals surface area contributed by atoms with Gasteiger partial charge in [-0.25, -0.2) is 4.85 Å². The minimum absolute atomic E-state index is 0. The molecular formula is C34H41ClF3N5O2. The molecule has 2 aliphatic rings. The van der Waals surface area contributed by atoms with E-state index in [0.717, 1.165) is 75.0 Å². The monoisotopic (exact) mass is 643 g/mol. The third-order valence-corrected chi connectivity index (χ3v) is 9.13. The van der Waals surface area contributed by atoms with Crippen molar-refractivity contribution in [1.82, 2.24) is 9.78 Å². The molecule has 45 heavy (non-hydrogen) atoms. The number of carbonyl (C=O) groups is 1. The van der Waals surface area contributed by atoms with Gasteiger partial charge in [-0.05, 0) is 105 Å². The molecule has 2 aliphatic carbocycles. The molecule has 1 fully saturated rings. The first-order valence-electron chi connectivity index (χ1n) is 15.5. The lowest BCUT2D eigenvalue weighted by Gasteiger charge is -2.35. The predicted molar refractivity (Wildman–Crippen MR) is 172 cm³/mol. The molecule has 3 aromatic rings. The van der Waals surface area contributed by atoms with E-state index in [1.165, 1.54) is 17.2 Å².